The fraction of sp³-hybridized carbons (Fsp3) is 0.286. The molecule has 0 unspecified atom stereocenters. The summed E-state index contributed by atoms with van der Waals surface area (Å²) in [7, 11) is 1.61. The van der Waals surface area contributed by atoms with Gasteiger partial charge < -0.3 is 19.9 Å². The molecule has 0 fully saturated rings. The number of nitrogens with one attached hydrogen (secondary N) is 2. The van der Waals surface area contributed by atoms with Gasteiger partial charge in [-0.3, -0.25) is 4.79 Å². The van der Waals surface area contributed by atoms with Crippen LogP contribution in [0.15, 0.2) is 34.9 Å². The number of methoxy groups -OCH3 is 1. The highest BCUT2D eigenvalue weighted by molar-refractivity contribution is 5.90. The maximum atomic E-state index is 11.7. The molecule has 0 saturated heterocycles. The lowest BCUT2D eigenvalue weighted by molar-refractivity contribution is -0.116. The highest BCUT2D eigenvalue weighted by atomic mass is 16.5. The topological polar surface area (TPSA) is 76.4 Å². The van der Waals surface area contributed by atoms with Crippen molar-refractivity contribution in [1.82, 2.24) is 5.16 Å². The number of amides is 1. The average molecular weight is 275 g/mol. The first-order chi connectivity index (χ1) is 9.69. The molecular weight excluding hydrogens is 258 g/mol. The Morgan fingerprint density at radius 1 is 1.40 bits per heavy atom. The highest BCUT2D eigenvalue weighted by Gasteiger charge is 2.06. The van der Waals surface area contributed by atoms with Gasteiger partial charge in [-0.25, -0.2) is 0 Å². The van der Waals surface area contributed by atoms with Gasteiger partial charge in [-0.15, -0.1) is 0 Å². The van der Waals surface area contributed by atoms with Crippen LogP contribution in [0.2, 0.25) is 0 Å². The van der Waals surface area contributed by atoms with Crippen LogP contribution >= 0.6 is 0 Å². The molecule has 0 saturated carbocycles. The molecule has 0 radical (unpaired) electrons. The van der Waals surface area contributed by atoms with Crippen molar-refractivity contribution in [3.8, 4) is 5.75 Å². The second-order valence-corrected chi connectivity index (χ2v) is 4.25. The Bertz CT molecular complexity index is 581. The van der Waals surface area contributed by atoms with Crippen LogP contribution in [0.5, 0.6) is 5.75 Å². The maximum absolute atomic E-state index is 11.7. The number of benzene rings is 1. The Kier molecular flexibility index (Phi) is 4.60. The molecule has 0 aliphatic rings. The minimum atomic E-state index is -0.124. The zero-order valence-corrected chi connectivity index (χ0v) is 11.5. The third-order valence-corrected chi connectivity index (χ3v) is 2.67. The van der Waals surface area contributed by atoms with Gasteiger partial charge in [-0.05, 0) is 19.1 Å². The number of ether oxygens (including phenoxy) is 1. The second kappa shape index (κ2) is 6.60. The summed E-state index contributed by atoms with van der Waals surface area (Å²) in [6.45, 7) is 2.27. The van der Waals surface area contributed by atoms with Crippen molar-refractivity contribution in [3.05, 3.63) is 36.1 Å². The molecule has 0 spiro atoms. The van der Waals surface area contributed by atoms with Gasteiger partial charge in [0, 0.05) is 19.0 Å². The van der Waals surface area contributed by atoms with Crippen LogP contribution in [-0.4, -0.2) is 24.7 Å². The maximum Gasteiger partial charge on any atom is 0.227 e. The van der Waals surface area contributed by atoms with Crippen molar-refractivity contribution in [2.75, 3.05) is 24.3 Å². The molecule has 6 heteroatoms. The summed E-state index contributed by atoms with van der Waals surface area (Å²) in [5.74, 6) is 1.72. The van der Waals surface area contributed by atoms with E-state index in [4.69, 9.17) is 9.26 Å². The molecule has 106 valence electrons. The van der Waals surface area contributed by atoms with Crippen molar-refractivity contribution < 1.29 is 14.1 Å². The van der Waals surface area contributed by atoms with E-state index in [9.17, 15) is 4.79 Å². The molecule has 0 atom stereocenters. The summed E-state index contributed by atoms with van der Waals surface area (Å²) in [5.41, 5.74) is 0.861. The van der Waals surface area contributed by atoms with Gasteiger partial charge in [0.25, 0.3) is 0 Å². The van der Waals surface area contributed by atoms with Gasteiger partial charge >= 0.3 is 0 Å². The molecule has 0 aliphatic carbocycles. The summed E-state index contributed by atoms with van der Waals surface area (Å²) in [4.78, 5) is 11.7. The summed E-state index contributed by atoms with van der Waals surface area (Å²) < 4.78 is 10.1. The number of aromatic nitrogens is 1. The number of para-hydroxylation sites is 2. The number of aryl methyl sites for hydroxylation is 1. The largest absolute Gasteiger partial charge is 0.495 e. The van der Waals surface area contributed by atoms with Crippen LogP contribution in [0, 0.1) is 6.92 Å². The molecule has 2 aromatic rings. The fourth-order valence-electron chi connectivity index (χ4n) is 1.73. The van der Waals surface area contributed by atoms with E-state index in [1.807, 2.05) is 24.3 Å². The number of carbonyl (C=O) groups excluding carboxylic acids is 1. The Morgan fingerprint density at radius 2 is 2.20 bits per heavy atom. The molecule has 1 aromatic carbocycles. The van der Waals surface area contributed by atoms with E-state index < -0.39 is 0 Å². The van der Waals surface area contributed by atoms with E-state index in [0.29, 0.717) is 24.5 Å². The Hall–Kier alpha value is -2.50. The predicted octanol–water partition coefficient (Wildman–Crippen LogP) is 2.43. The smallest absolute Gasteiger partial charge is 0.227 e. The number of rotatable bonds is 6. The Morgan fingerprint density at radius 3 is 2.90 bits per heavy atom. The van der Waals surface area contributed by atoms with Crippen LogP contribution in [0.25, 0.3) is 0 Å². The van der Waals surface area contributed by atoms with Gasteiger partial charge in [0.05, 0.1) is 12.8 Å². The van der Waals surface area contributed by atoms with Crippen LogP contribution < -0.4 is 15.4 Å². The predicted molar refractivity (Wildman–Crippen MR) is 76.0 cm³/mol. The van der Waals surface area contributed by atoms with E-state index in [0.717, 1.165) is 11.4 Å². The Balaban J connectivity index is 1.79. The molecule has 6 nitrogen and oxygen atoms in total. The number of hydrogen-bond acceptors (Lipinski definition) is 5. The third kappa shape index (κ3) is 3.74. The van der Waals surface area contributed by atoms with Crippen LogP contribution in [0.4, 0.5) is 11.5 Å². The van der Waals surface area contributed by atoms with E-state index in [2.05, 4.69) is 15.8 Å². The first-order valence-electron chi connectivity index (χ1n) is 6.29. The van der Waals surface area contributed by atoms with Gasteiger partial charge in [0.15, 0.2) is 5.82 Å². The molecule has 0 aliphatic heterocycles. The summed E-state index contributed by atoms with van der Waals surface area (Å²) in [5, 5.41) is 9.52. The number of hydrogen-bond donors (Lipinski definition) is 2. The van der Waals surface area contributed by atoms with Crippen LogP contribution in [0.3, 0.4) is 0 Å². The zero-order chi connectivity index (χ0) is 14.4. The molecule has 1 amide bonds. The molecular formula is C14H17N3O3. The zero-order valence-electron chi connectivity index (χ0n) is 11.5. The highest BCUT2D eigenvalue weighted by Crippen LogP contribution is 2.22. The number of carbonyl (C=O) groups is 1. The summed E-state index contributed by atoms with van der Waals surface area (Å²) in [6, 6.07) is 9.23. The number of anilines is 2. The van der Waals surface area contributed by atoms with E-state index in [-0.39, 0.29) is 5.91 Å². The quantitative estimate of drug-likeness (QED) is 0.846. The van der Waals surface area contributed by atoms with Crippen molar-refractivity contribution in [2.24, 2.45) is 0 Å². The average Bonchev–Trinajstić information content (AvgIpc) is 2.84. The fourth-order valence-corrected chi connectivity index (χ4v) is 1.73. The lowest BCUT2D eigenvalue weighted by Crippen LogP contribution is -2.16. The van der Waals surface area contributed by atoms with E-state index in [1.54, 1.807) is 20.1 Å². The summed E-state index contributed by atoms with van der Waals surface area (Å²) >= 11 is 0. The molecule has 1 heterocycles. The molecule has 2 rings (SSSR count). The standard InChI is InChI=1S/C14H17N3O3/c1-10-9-13(17-20-10)16-14(18)7-8-15-11-5-3-4-6-12(11)19-2/h3-6,9,15H,7-8H2,1-2H3,(H,16,17,18). The lowest BCUT2D eigenvalue weighted by Gasteiger charge is -2.10. The number of nitrogens with zero attached hydrogens (tertiary/aromatic N) is 1. The first-order valence-corrected chi connectivity index (χ1v) is 6.29. The minimum absolute atomic E-state index is 0.124. The minimum Gasteiger partial charge on any atom is -0.495 e. The first kappa shape index (κ1) is 13.9. The third-order valence-electron chi connectivity index (χ3n) is 2.67. The molecule has 1 aromatic heterocycles. The van der Waals surface area contributed by atoms with E-state index >= 15 is 0 Å². The summed E-state index contributed by atoms with van der Waals surface area (Å²) in [6.07, 6.45) is 0.323. The van der Waals surface area contributed by atoms with Crippen LogP contribution in [0.1, 0.15) is 12.2 Å². The molecule has 20 heavy (non-hydrogen) atoms. The van der Waals surface area contributed by atoms with Crippen molar-refractivity contribution >= 4 is 17.4 Å². The van der Waals surface area contributed by atoms with Gasteiger partial charge in [-0.1, -0.05) is 17.3 Å². The van der Waals surface area contributed by atoms with Crippen molar-refractivity contribution in [3.63, 3.8) is 0 Å². The Labute approximate surface area is 117 Å². The normalized spacial score (nSPS) is 10.1. The lowest BCUT2D eigenvalue weighted by atomic mass is 10.3. The van der Waals surface area contributed by atoms with Crippen molar-refractivity contribution in [1.29, 1.82) is 0 Å². The van der Waals surface area contributed by atoms with Gasteiger partial charge in [-0.2, -0.15) is 0 Å². The molecule has 2 N–H and O–H groups in total. The van der Waals surface area contributed by atoms with Gasteiger partial charge in [0.1, 0.15) is 11.5 Å². The van der Waals surface area contributed by atoms with Gasteiger partial charge in [0.2, 0.25) is 5.91 Å². The van der Waals surface area contributed by atoms with Crippen molar-refractivity contribution in [2.45, 2.75) is 13.3 Å². The van der Waals surface area contributed by atoms with E-state index in [1.165, 1.54) is 0 Å². The van der Waals surface area contributed by atoms with Crippen LogP contribution in [-0.2, 0) is 4.79 Å². The monoisotopic (exact) mass is 275 g/mol. The second-order valence-electron chi connectivity index (χ2n) is 4.25. The SMILES string of the molecule is COc1ccccc1NCCC(=O)Nc1cc(C)on1. The molecule has 0 bridgehead atoms.